The van der Waals surface area contributed by atoms with Crippen molar-refractivity contribution >= 4 is 5.96 Å². The molecule has 0 bridgehead atoms. The summed E-state index contributed by atoms with van der Waals surface area (Å²) in [4.78, 5) is 4.86. The van der Waals surface area contributed by atoms with Gasteiger partial charge in [0.1, 0.15) is 0 Å². The number of aliphatic imine (C=N–C) groups is 1. The molecule has 3 rings (SSSR count). The fourth-order valence-electron chi connectivity index (χ4n) is 5.17. The topological polar surface area (TPSA) is 50.4 Å². The molecule has 0 saturated heterocycles. The Kier molecular flexibility index (Phi) is 4.23. The van der Waals surface area contributed by atoms with Gasteiger partial charge in [0.15, 0.2) is 5.96 Å². The summed E-state index contributed by atoms with van der Waals surface area (Å²) in [5.41, 5.74) is 6.05. The first-order chi connectivity index (χ1) is 9.70. The third-order valence-electron chi connectivity index (χ3n) is 6.11. The van der Waals surface area contributed by atoms with Crippen LogP contribution in [0, 0.1) is 23.7 Å². The van der Waals surface area contributed by atoms with Gasteiger partial charge in [-0.25, -0.2) is 4.99 Å². The first-order valence-electron chi connectivity index (χ1n) is 8.80. The van der Waals surface area contributed by atoms with Crippen molar-refractivity contribution in [2.75, 3.05) is 0 Å². The lowest BCUT2D eigenvalue weighted by Crippen LogP contribution is -2.55. The molecule has 0 amide bonds. The fraction of sp³-hybridized carbons (Fsp3) is 0.941. The Bertz CT molecular complexity index is 365. The SMILES string of the molecule is CCCCCC[C@@H]1[C@H]2N=C(N)N[C@H]3CC[C@@H](C[C@H]1C)[C@@H]23. The molecule has 1 aliphatic heterocycles. The largest absolute Gasteiger partial charge is 0.370 e. The summed E-state index contributed by atoms with van der Waals surface area (Å²) in [5, 5.41) is 3.45. The predicted octanol–water partition coefficient (Wildman–Crippen LogP) is 3.29. The number of nitrogens with two attached hydrogens (primary N) is 1. The lowest BCUT2D eigenvalue weighted by molar-refractivity contribution is 0.0896. The van der Waals surface area contributed by atoms with Crippen LogP contribution in [0.3, 0.4) is 0 Å². The van der Waals surface area contributed by atoms with Gasteiger partial charge in [0.2, 0.25) is 0 Å². The van der Waals surface area contributed by atoms with Crippen LogP contribution < -0.4 is 11.1 Å². The van der Waals surface area contributed by atoms with Gasteiger partial charge in [0, 0.05) is 12.0 Å². The zero-order valence-electron chi connectivity index (χ0n) is 13.1. The van der Waals surface area contributed by atoms with E-state index < -0.39 is 0 Å². The average molecular weight is 277 g/mol. The second-order valence-corrected chi connectivity index (χ2v) is 7.40. The molecule has 20 heavy (non-hydrogen) atoms. The highest BCUT2D eigenvalue weighted by Gasteiger charge is 2.50. The van der Waals surface area contributed by atoms with Crippen LogP contribution in [-0.4, -0.2) is 18.0 Å². The van der Waals surface area contributed by atoms with Crippen molar-refractivity contribution < 1.29 is 0 Å². The molecule has 3 N–H and O–H groups in total. The van der Waals surface area contributed by atoms with Gasteiger partial charge in [0.25, 0.3) is 0 Å². The molecule has 2 saturated carbocycles. The van der Waals surface area contributed by atoms with Gasteiger partial charge in [-0.05, 0) is 43.4 Å². The van der Waals surface area contributed by atoms with Crippen molar-refractivity contribution in [3.63, 3.8) is 0 Å². The molecule has 0 aromatic carbocycles. The summed E-state index contributed by atoms with van der Waals surface area (Å²) in [5.74, 6) is 3.99. The van der Waals surface area contributed by atoms with Crippen LogP contribution in [0.25, 0.3) is 0 Å². The summed E-state index contributed by atoms with van der Waals surface area (Å²) in [6.07, 6.45) is 10.9. The summed E-state index contributed by atoms with van der Waals surface area (Å²) in [6.45, 7) is 4.75. The number of hydrogen-bond donors (Lipinski definition) is 2. The Balaban J connectivity index is 1.70. The number of nitrogens with one attached hydrogen (secondary N) is 1. The molecule has 0 aromatic heterocycles. The standard InChI is InChI=1S/C17H31N3/c1-3-4-5-6-7-13-11(2)10-12-8-9-14-15(12)16(13)20-17(18)19-14/h11-16H,3-10H2,1-2H3,(H3,18,19,20)/t11-,12+,13+,14+,15-,16-/m1/s1. The van der Waals surface area contributed by atoms with Gasteiger partial charge in [-0.3, -0.25) is 0 Å². The van der Waals surface area contributed by atoms with E-state index in [9.17, 15) is 0 Å². The van der Waals surface area contributed by atoms with Gasteiger partial charge in [-0.2, -0.15) is 0 Å². The summed E-state index contributed by atoms with van der Waals surface area (Å²) >= 11 is 0. The van der Waals surface area contributed by atoms with Crippen molar-refractivity contribution in [1.82, 2.24) is 5.32 Å². The van der Waals surface area contributed by atoms with Crippen LogP contribution in [0.2, 0.25) is 0 Å². The van der Waals surface area contributed by atoms with Crippen molar-refractivity contribution in [3.8, 4) is 0 Å². The Hall–Kier alpha value is -0.730. The number of nitrogens with zero attached hydrogens (tertiary/aromatic N) is 1. The van der Waals surface area contributed by atoms with Crippen LogP contribution in [0.4, 0.5) is 0 Å². The molecular weight excluding hydrogens is 246 g/mol. The maximum absolute atomic E-state index is 6.05. The van der Waals surface area contributed by atoms with Crippen LogP contribution in [0.15, 0.2) is 4.99 Å². The molecule has 0 aromatic rings. The minimum atomic E-state index is 0.513. The first-order valence-corrected chi connectivity index (χ1v) is 8.80. The van der Waals surface area contributed by atoms with Crippen molar-refractivity contribution in [3.05, 3.63) is 0 Å². The van der Waals surface area contributed by atoms with E-state index in [4.69, 9.17) is 10.7 Å². The fourth-order valence-corrected chi connectivity index (χ4v) is 5.17. The maximum Gasteiger partial charge on any atom is 0.189 e. The molecule has 2 fully saturated rings. The van der Waals surface area contributed by atoms with Crippen molar-refractivity contribution in [2.24, 2.45) is 34.4 Å². The van der Waals surface area contributed by atoms with Gasteiger partial charge >= 0.3 is 0 Å². The molecule has 3 nitrogen and oxygen atoms in total. The zero-order chi connectivity index (χ0) is 14.1. The second-order valence-electron chi connectivity index (χ2n) is 7.40. The van der Waals surface area contributed by atoms with Crippen molar-refractivity contribution in [1.29, 1.82) is 0 Å². The lowest BCUT2D eigenvalue weighted by atomic mass is 9.64. The third-order valence-corrected chi connectivity index (χ3v) is 6.11. The number of hydrogen-bond acceptors (Lipinski definition) is 3. The van der Waals surface area contributed by atoms with Gasteiger partial charge < -0.3 is 11.1 Å². The molecule has 6 atom stereocenters. The molecular formula is C17H31N3. The minimum Gasteiger partial charge on any atom is -0.370 e. The quantitative estimate of drug-likeness (QED) is 0.758. The molecule has 3 aliphatic rings. The third kappa shape index (κ3) is 2.56. The number of rotatable bonds is 5. The van der Waals surface area contributed by atoms with E-state index in [1.807, 2.05) is 0 Å². The van der Waals surface area contributed by atoms with Crippen LogP contribution in [0.1, 0.15) is 65.2 Å². The molecule has 0 radical (unpaired) electrons. The zero-order valence-corrected chi connectivity index (χ0v) is 13.1. The minimum absolute atomic E-state index is 0.513. The van der Waals surface area contributed by atoms with E-state index in [0.717, 1.165) is 23.7 Å². The van der Waals surface area contributed by atoms with Crippen LogP contribution >= 0.6 is 0 Å². The lowest BCUT2D eigenvalue weighted by Gasteiger charge is -2.46. The molecule has 114 valence electrons. The molecule has 0 spiro atoms. The highest BCUT2D eigenvalue weighted by atomic mass is 15.2. The highest BCUT2D eigenvalue weighted by molar-refractivity contribution is 5.79. The first kappa shape index (κ1) is 14.2. The normalized spacial score (nSPS) is 42.8. The average Bonchev–Trinajstić information content (AvgIpc) is 2.80. The maximum atomic E-state index is 6.05. The Morgan fingerprint density at radius 3 is 2.90 bits per heavy atom. The van der Waals surface area contributed by atoms with Gasteiger partial charge in [0.05, 0.1) is 6.04 Å². The van der Waals surface area contributed by atoms with Gasteiger partial charge in [-0.15, -0.1) is 0 Å². The Labute approximate surface area is 123 Å². The summed E-state index contributed by atoms with van der Waals surface area (Å²) < 4.78 is 0. The summed E-state index contributed by atoms with van der Waals surface area (Å²) in [6, 6.07) is 1.13. The highest BCUT2D eigenvalue weighted by Crippen LogP contribution is 2.50. The molecule has 0 unspecified atom stereocenters. The number of unbranched alkanes of at least 4 members (excludes halogenated alkanes) is 3. The van der Waals surface area contributed by atoms with Crippen molar-refractivity contribution in [2.45, 2.75) is 77.3 Å². The Morgan fingerprint density at radius 1 is 1.25 bits per heavy atom. The van der Waals surface area contributed by atoms with E-state index in [1.54, 1.807) is 0 Å². The van der Waals surface area contributed by atoms with E-state index in [-0.39, 0.29) is 0 Å². The van der Waals surface area contributed by atoms with E-state index >= 15 is 0 Å². The number of guanidine groups is 1. The predicted molar refractivity (Wildman–Crippen MR) is 84.6 cm³/mol. The van der Waals surface area contributed by atoms with E-state index in [1.165, 1.54) is 51.4 Å². The monoisotopic (exact) mass is 277 g/mol. The molecule has 1 heterocycles. The molecule has 2 aliphatic carbocycles. The summed E-state index contributed by atoms with van der Waals surface area (Å²) in [7, 11) is 0. The molecule has 3 heteroatoms. The van der Waals surface area contributed by atoms with Crippen LogP contribution in [0.5, 0.6) is 0 Å². The smallest absolute Gasteiger partial charge is 0.189 e. The van der Waals surface area contributed by atoms with E-state index in [2.05, 4.69) is 19.2 Å². The Morgan fingerprint density at radius 2 is 2.10 bits per heavy atom. The van der Waals surface area contributed by atoms with Gasteiger partial charge in [-0.1, -0.05) is 39.5 Å². The van der Waals surface area contributed by atoms with E-state index in [0.29, 0.717) is 18.0 Å². The second kappa shape index (κ2) is 5.95. The van der Waals surface area contributed by atoms with Crippen LogP contribution in [-0.2, 0) is 0 Å².